The number of hydrogen-bond acceptors (Lipinski definition) is 5. The van der Waals surface area contributed by atoms with Gasteiger partial charge in [-0.25, -0.2) is 5.06 Å². The van der Waals surface area contributed by atoms with Gasteiger partial charge < -0.3 is 5.73 Å². The van der Waals surface area contributed by atoms with Crippen LogP contribution in [-0.2, 0) is 4.79 Å². The predicted molar refractivity (Wildman–Crippen MR) is 60.0 cm³/mol. The number of Topliss-reactive ketones (excluding diaryl/α,β-unsaturated/α-hetero) is 1. The van der Waals surface area contributed by atoms with Crippen LogP contribution in [0.25, 0.3) is 0 Å². The summed E-state index contributed by atoms with van der Waals surface area (Å²) in [5.41, 5.74) is 7.47. The minimum absolute atomic E-state index is 0.0729. The van der Waals surface area contributed by atoms with E-state index in [1.54, 1.807) is 6.21 Å². The average molecular weight is 221 g/mol. The molecule has 0 saturated carbocycles. The van der Waals surface area contributed by atoms with Crippen LogP contribution in [-0.4, -0.2) is 35.0 Å². The summed E-state index contributed by atoms with van der Waals surface area (Å²) in [6.45, 7) is 2.33. The van der Waals surface area contributed by atoms with Crippen LogP contribution >= 0.6 is 0 Å². The number of rotatable bonds is 2. The third-order valence-electron chi connectivity index (χ3n) is 2.85. The molecule has 0 aromatic rings. The second kappa shape index (κ2) is 4.19. The van der Waals surface area contributed by atoms with Crippen molar-refractivity contribution < 1.29 is 10.0 Å². The van der Waals surface area contributed by atoms with E-state index < -0.39 is 6.17 Å². The normalized spacial score (nSPS) is 24.7. The number of hydroxylamine groups is 2. The Morgan fingerprint density at radius 1 is 1.69 bits per heavy atom. The number of carbonyl (C=O) groups is 1. The summed E-state index contributed by atoms with van der Waals surface area (Å²) in [6, 6.07) is 0. The second-order valence-electron chi connectivity index (χ2n) is 3.96. The lowest BCUT2D eigenvalue weighted by molar-refractivity contribution is -0.131. The molecular formula is C11H15N3O2. The van der Waals surface area contributed by atoms with Gasteiger partial charge in [-0.05, 0) is 19.0 Å². The van der Waals surface area contributed by atoms with Gasteiger partial charge in [0.25, 0.3) is 0 Å². The van der Waals surface area contributed by atoms with E-state index in [2.05, 4.69) is 4.99 Å². The standard InChI is InChI=1S/C11H15N3O2/c1-7-2-3-9(15)11-8(7)6-13-10(4-5-12)14(11)16/h2,6,10,16H,3-5,12H2,1H3. The highest BCUT2D eigenvalue weighted by molar-refractivity contribution is 6.05. The van der Waals surface area contributed by atoms with Gasteiger partial charge in [0.1, 0.15) is 11.9 Å². The van der Waals surface area contributed by atoms with E-state index in [1.807, 2.05) is 13.0 Å². The number of aliphatic imine (C=N–C) groups is 1. The van der Waals surface area contributed by atoms with Gasteiger partial charge in [-0.1, -0.05) is 6.08 Å². The molecule has 86 valence electrons. The molecule has 1 aliphatic carbocycles. The van der Waals surface area contributed by atoms with Gasteiger partial charge in [0.05, 0.1) is 0 Å². The first kappa shape index (κ1) is 11.0. The summed E-state index contributed by atoms with van der Waals surface area (Å²) in [7, 11) is 0. The Kier molecular flexibility index (Phi) is 2.89. The van der Waals surface area contributed by atoms with E-state index in [0.717, 1.165) is 10.6 Å². The van der Waals surface area contributed by atoms with Crippen molar-refractivity contribution in [2.45, 2.75) is 25.9 Å². The van der Waals surface area contributed by atoms with Crippen molar-refractivity contribution in [3.63, 3.8) is 0 Å². The monoisotopic (exact) mass is 221 g/mol. The largest absolute Gasteiger partial charge is 0.330 e. The topological polar surface area (TPSA) is 78.9 Å². The lowest BCUT2D eigenvalue weighted by atomic mass is 9.94. The minimum Gasteiger partial charge on any atom is -0.330 e. The molecule has 0 amide bonds. The van der Waals surface area contributed by atoms with Gasteiger partial charge in [-0.3, -0.25) is 15.0 Å². The van der Waals surface area contributed by atoms with Crippen LogP contribution in [0.1, 0.15) is 19.8 Å². The Morgan fingerprint density at radius 3 is 3.12 bits per heavy atom. The second-order valence-corrected chi connectivity index (χ2v) is 3.96. The van der Waals surface area contributed by atoms with Crippen molar-refractivity contribution in [1.29, 1.82) is 0 Å². The SMILES string of the molecule is CC1=CCC(=O)C2=C1C=NC(CCN)N2O. The number of nitrogens with zero attached hydrogens (tertiary/aromatic N) is 2. The maximum atomic E-state index is 11.7. The molecule has 1 atom stereocenters. The fourth-order valence-corrected chi connectivity index (χ4v) is 1.92. The zero-order chi connectivity index (χ0) is 11.7. The molecule has 0 saturated heterocycles. The summed E-state index contributed by atoms with van der Waals surface area (Å²) in [4.78, 5) is 15.9. The van der Waals surface area contributed by atoms with Crippen LogP contribution < -0.4 is 5.73 Å². The highest BCUT2D eigenvalue weighted by Crippen LogP contribution is 2.28. The van der Waals surface area contributed by atoms with Crippen LogP contribution in [0.3, 0.4) is 0 Å². The number of allylic oxidation sites excluding steroid dienone is 4. The number of carbonyl (C=O) groups excluding carboxylic acids is 1. The lowest BCUT2D eigenvalue weighted by Gasteiger charge is -2.32. The van der Waals surface area contributed by atoms with Crippen molar-refractivity contribution >= 4 is 12.0 Å². The van der Waals surface area contributed by atoms with Crippen LogP contribution in [0, 0.1) is 0 Å². The zero-order valence-electron chi connectivity index (χ0n) is 9.18. The summed E-state index contributed by atoms with van der Waals surface area (Å²) in [5, 5.41) is 10.9. The molecule has 1 aliphatic heterocycles. The molecule has 1 unspecified atom stereocenters. The molecule has 0 aromatic heterocycles. The van der Waals surface area contributed by atoms with Crippen LogP contribution in [0.15, 0.2) is 27.9 Å². The molecule has 0 spiro atoms. The van der Waals surface area contributed by atoms with Gasteiger partial charge in [-0.2, -0.15) is 0 Å². The molecule has 2 aliphatic rings. The lowest BCUT2D eigenvalue weighted by Crippen LogP contribution is -2.39. The van der Waals surface area contributed by atoms with Crippen LogP contribution in [0.5, 0.6) is 0 Å². The van der Waals surface area contributed by atoms with Crippen molar-refractivity contribution in [1.82, 2.24) is 5.06 Å². The van der Waals surface area contributed by atoms with E-state index >= 15 is 0 Å². The fourth-order valence-electron chi connectivity index (χ4n) is 1.92. The molecule has 3 N–H and O–H groups in total. The Bertz CT molecular complexity index is 409. The molecule has 0 fully saturated rings. The van der Waals surface area contributed by atoms with Crippen molar-refractivity contribution in [2.24, 2.45) is 10.7 Å². The average Bonchev–Trinajstić information content (AvgIpc) is 2.27. The van der Waals surface area contributed by atoms with Gasteiger partial charge >= 0.3 is 0 Å². The minimum atomic E-state index is -0.432. The number of ketones is 1. The first-order valence-corrected chi connectivity index (χ1v) is 5.31. The Morgan fingerprint density at radius 2 is 2.44 bits per heavy atom. The highest BCUT2D eigenvalue weighted by Gasteiger charge is 2.31. The quantitative estimate of drug-likeness (QED) is 0.716. The first-order valence-electron chi connectivity index (χ1n) is 5.31. The predicted octanol–water partition coefficient (Wildman–Crippen LogP) is 0.610. The van der Waals surface area contributed by atoms with E-state index in [1.165, 1.54) is 0 Å². The van der Waals surface area contributed by atoms with Crippen molar-refractivity contribution in [3.8, 4) is 0 Å². The Labute approximate surface area is 93.9 Å². The van der Waals surface area contributed by atoms with Crippen LogP contribution in [0.4, 0.5) is 0 Å². The molecule has 0 aromatic carbocycles. The van der Waals surface area contributed by atoms with Gasteiger partial charge in [0.2, 0.25) is 0 Å². The maximum Gasteiger partial charge on any atom is 0.185 e. The summed E-state index contributed by atoms with van der Waals surface area (Å²) < 4.78 is 0. The molecular weight excluding hydrogens is 206 g/mol. The summed E-state index contributed by atoms with van der Waals surface area (Å²) in [6.07, 6.45) is 3.94. The Balaban J connectivity index is 2.35. The fraction of sp³-hybridized carbons (Fsp3) is 0.455. The third-order valence-corrected chi connectivity index (χ3v) is 2.85. The van der Waals surface area contributed by atoms with Gasteiger partial charge in [0.15, 0.2) is 5.78 Å². The maximum absolute atomic E-state index is 11.7. The number of nitrogens with two attached hydrogens (primary N) is 1. The summed E-state index contributed by atoms with van der Waals surface area (Å²) >= 11 is 0. The van der Waals surface area contributed by atoms with Crippen molar-refractivity contribution in [2.75, 3.05) is 6.54 Å². The van der Waals surface area contributed by atoms with E-state index in [9.17, 15) is 10.0 Å². The molecule has 16 heavy (non-hydrogen) atoms. The molecule has 5 heteroatoms. The summed E-state index contributed by atoms with van der Waals surface area (Å²) in [5.74, 6) is -0.0729. The Hall–Kier alpha value is -1.46. The van der Waals surface area contributed by atoms with E-state index in [4.69, 9.17) is 5.73 Å². The molecule has 1 heterocycles. The van der Waals surface area contributed by atoms with Crippen molar-refractivity contribution in [3.05, 3.63) is 22.9 Å². The van der Waals surface area contributed by atoms with E-state index in [-0.39, 0.29) is 5.78 Å². The highest BCUT2D eigenvalue weighted by atomic mass is 16.5. The molecule has 2 rings (SSSR count). The van der Waals surface area contributed by atoms with E-state index in [0.29, 0.717) is 30.7 Å². The molecule has 0 radical (unpaired) electrons. The smallest absolute Gasteiger partial charge is 0.185 e. The first-order chi connectivity index (χ1) is 7.65. The molecule has 5 nitrogen and oxygen atoms in total. The molecule has 0 bridgehead atoms. The zero-order valence-corrected chi connectivity index (χ0v) is 9.18. The van der Waals surface area contributed by atoms with Gasteiger partial charge in [0, 0.05) is 24.6 Å². The van der Waals surface area contributed by atoms with Crippen LogP contribution in [0.2, 0.25) is 0 Å². The third kappa shape index (κ3) is 1.68. The van der Waals surface area contributed by atoms with Gasteiger partial charge in [-0.15, -0.1) is 0 Å². The number of hydrogen-bond donors (Lipinski definition) is 2.